The van der Waals surface area contributed by atoms with E-state index in [0.29, 0.717) is 6.61 Å². The number of nitrogens with one attached hydrogen (secondary N) is 1. The predicted octanol–water partition coefficient (Wildman–Crippen LogP) is 4.70. The molecule has 1 aliphatic rings. The lowest BCUT2D eigenvalue weighted by atomic mass is 9.96. The maximum atomic E-state index is 12.7. The highest BCUT2D eigenvalue weighted by Gasteiger charge is 2.25. The average molecular weight is 417 g/mol. The third-order valence-electron chi connectivity index (χ3n) is 4.60. The molecule has 4 nitrogen and oxygen atoms in total. The number of carbonyl (C=O) groups is 1. The van der Waals surface area contributed by atoms with Gasteiger partial charge in [0.05, 0.1) is 12.5 Å². The molecule has 0 bridgehead atoms. The van der Waals surface area contributed by atoms with E-state index in [0.717, 1.165) is 48.4 Å². The van der Waals surface area contributed by atoms with Crippen molar-refractivity contribution in [3.63, 3.8) is 0 Å². The molecule has 0 aliphatic carbocycles. The number of likely N-dealkylation sites (tertiary alicyclic amines) is 1. The van der Waals surface area contributed by atoms with Gasteiger partial charge in [-0.15, -0.1) is 0 Å². The number of rotatable bonds is 6. The van der Waals surface area contributed by atoms with Crippen molar-refractivity contribution in [2.24, 2.45) is 5.92 Å². The van der Waals surface area contributed by atoms with E-state index in [1.54, 1.807) is 0 Å². The van der Waals surface area contributed by atoms with E-state index in [2.05, 4.69) is 44.3 Å². The van der Waals surface area contributed by atoms with E-state index < -0.39 is 0 Å². The molecular formula is C21H25BrN2O2. The number of amides is 1. The minimum atomic E-state index is 0.0301. The third kappa shape index (κ3) is 5.32. The SMILES string of the molecule is CCOc1ccc(NC(=O)C2CCCN(Cc3cccc(Br)c3)C2)cc1. The van der Waals surface area contributed by atoms with Crippen molar-refractivity contribution in [3.8, 4) is 5.75 Å². The van der Waals surface area contributed by atoms with Crippen LogP contribution in [0.2, 0.25) is 0 Å². The van der Waals surface area contributed by atoms with Gasteiger partial charge < -0.3 is 10.1 Å². The molecule has 1 fully saturated rings. The second-order valence-electron chi connectivity index (χ2n) is 6.65. The van der Waals surface area contributed by atoms with E-state index in [4.69, 9.17) is 4.74 Å². The number of halogens is 1. The maximum absolute atomic E-state index is 12.7. The summed E-state index contributed by atoms with van der Waals surface area (Å²) in [6, 6.07) is 15.9. The molecule has 138 valence electrons. The first-order valence-electron chi connectivity index (χ1n) is 9.14. The van der Waals surface area contributed by atoms with Gasteiger partial charge in [0.1, 0.15) is 5.75 Å². The molecule has 0 aromatic heterocycles. The number of ether oxygens (including phenoxy) is 1. The van der Waals surface area contributed by atoms with E-state index in [9.17, 15) is 4.79 Å². The van der Waals surface area contributed by atoms with Gasteiger partial charge in [-0.1, -0.05) is 28.1 Å². The highest BCUT2D eigenvalue weighted by molar-refractivity contribution is 9.10. The normalized spacial score (nSPS) is 17.7. The average Bonchev–Trinajstić information content (AvgIpc) is 2.64. The molecule has 1 unspecified atom stereocenters. The summed E-state index contributed by atoms with van der Waals surface area (Å²) < 4.78 is 6.53. The van der Waals surface area contributed by atoms with Gasteiger partial charge >= 0.3 is 0 Å². The van der Waals surface area contributed by atoms with Crippen molar-refractivity contribution in [3.05, 3.63) is 58.6 Å². The molecule has 1 aliphatic heterocycles. The lowest BCUT2D eigenvalue weighted by Gasteiger charge is -2.32. The second kappa shape index (κ2) is 9.19. The maximum Gasteiger partial charge on any atom is 0.228 e. The lowest BCUT2D eigenvalue weighted by molar-refractivity contribution is -0.121. The minimum absolute atomic E-state index is 0.0301. The summed E-state index contributed by atoms with van der Waals surface area (Å²) in [6.07, 6.45) is 1.99. The van der Waals surface area contributed by atoms with Gasteiger partial charge in [-0.2, -0.15) is 0 Å². The second-order valence-corrected chi connectivity index (χ2v) is 7.57. The Hall–Kier alpha value is -1.85. The zero-order valence-electron chi connectivity index (χ0n) is 15.1. The van der Waals surface area contributed by atoms with Crippen LogP contribution in [0.4, 0.5) is 5.69 Å². The van der Waals surface area contributed by atoms with Crippen molar-refractivity contribution >= 4 is 27.5 Å². The summed E-state index contributed by atoms with van der Waals surface area (Å²) in [5.74, 6) is 0.957. The molecule has 1 atom stereocenters. The predicted molar refractivity (Wildman–Crippen MR) is 108 cm³/mol. The zero-order valence-corrected chi connectivity index (χ0v) is 16.7. The van der Waals surface area contributed by atoms with E-state index in [1.807, 2.05) is 37.3 Å². The van der Waals surface area contributed by atoms with Crippen molar-refractivity contribution in [1.82, 2.24) is 4.90 Å². The fourth-order valence-electron chi connectivity index (χ4n) is 3.35. The van der Waals surface area contributed by atoms with E-state index >= 15 is 0 Å². The first-order valence-corrected chi connectivity index (χ1v) is 9.94. The largest absolute Gasteiger partial charge is 0.494 e. The molecule has 1 N–H and O–H groups in total. The van der Waals surface area contributed by atoms with E-state index in [1.165, 1.54) is 5.56 Å². The molecular weight excluding hydrogens is 392 g/mol. The summed E-state index contributed by atoms with van der Waals surface area (Å²) in [5.41, 5.74) is 2.09. The highest BCUT2D eigenvalue weighted by Crippen LogP contribution is 2.22. The zero-order chi connectivity index (χ0) is 18.4. The molecule has 2 aromatic rings. The summed E-state index contributed by atoms with van der Waals surface area (Å²) in [6.45, 7) is 5.32. The number of nitrogens with zero attached hydrogens (tertiary/aromatic N) is 1. The van der Waals surface area contributed by atoms with Crippen LogP contribution in [-0.4, -0.2) is 30.5 Å². The number of anilines is 1. The quantitative estimate of drug-likeness (QED) is 0.741. The monoisotopic (exact) mass is 416 g/mol. The van der Waals surface area contributed by atoms with Crippen LogP contribution in [0.25, 0.3) is 0 Å². The molecule has 1 heterocycles. The van der Waals surface area contributed by atoms with Gasteiger partial charge in [0.2, 0.25) is 5.91 Å². The topological polar surface area (TPSA) is 41.6 Å². The number of piperidine rings is 1. The molecule has 1 saturated heterocycles. The summed E-state index contributed by atoms with van der Waals surface area (Å²) >= 11 is 3.52. The Balaban J connectivity index is 1.55. The fraction of sp³-hybridized carbons (Fsp3) is 0.381. The van der Waals surface area contributed by atoms with Crippen LogP contribution in [0, 0.1) is 5.92 Å². The van der Waals surface area contributed by atoms with Crippen molar-refractivity contribution in [2.75, 3.05) is 25.0 Å². The first-order chi connectivity index (χ1) is 12.6. The van der Waals surface area contributed by atoms with E-state index in [-0.39, 0.29) is 11.8 Å². The molecule has 0 radical (unpaired) electrons. The van der Waals surface area contributed by atoms with Crippen molar-refractivity contribution in [2.45, 2.75) is 26.3 Å². The number of hydrogen-bond donors (Lipinski definition) is 1. The standard InChI is InChI=1S/C21H25BrN2O2/c1-2-26-20-10-8-19(9-11-20)23-21(25)17-6-4-12-24(15-17)14-16-5-3-7-18(22)13-16/h3,5,7-11,13,17H,2,4,6,12,14-15H2,1H3,(H,23,25). The van der Waals surface area contributed by atoms with Crippen LogP contribution in [0.3, 0.4) is 0 Å². The Kier molecular flexibility index (Phi) is 6.69. The fourth-order valence-corrected chi connectivity index (χ4v) is 3.80. The Bertz CT molecular complexity index is 733. The third-order valence-corrected chi connectivity index (χ3v) is 5.10. The van der Waals surface area contributed by atoms with Crippen LogP contribution in [0.5, 0.6) is 5.75 Å². The van der Waals surface area contributed by atoms with Gasteiger partial charge in [-0.3, -0.25) is 9.69 Å². The number of hydrogen-bond acceptors (Lipinski definition) is 3. The van der Waals surface area contributed by atoms with Crippen molar-refractivity contribution in [1.29, 1.82) is 0 Å². The highest BCUT2D eigenvalue weighted by atomic mass is 79.9. The van der Waals surface area contributed by atoms with Crippen LogP contribution in [0.1, 0.15) is 25.3 Å². The van der Waals surface area contributed by atoms with Gasteiger partial charge in [-0.25, -0.2) is 0 Å². The molecule has 5 heteroatoms. The number of benzene rings is 2. The van der Waals surface area contributed by atoms with Crippen LogP contribution in [-0.2, 0) is 11.3 Å². The Morgan fingerprint density at radius 2 is 2.08 bits per heavy atom. The van der Waals surface area contributed by atoms with Gasteiger partial charge in [0.15, 0.2) is 0 Å². The smallest absolute Gasteiger partial charge is 0.228 e. The Morgan fingerprint density at radius 1 is 1.27 bits per heavy atom. The van der Waals surface area contributed by atoms with Gasteiger partial charge in [-0.05, 0) is 68.3 Å². The van der Waals surface area contributed by atoms with Gasteiger partial charge in [0, 0.05) is 23.2 Å². The van der Waals surface area contributed by atoms with Crippen LogP contribution < -0.4 is 10.1 Å². The molecule has 1 amide bonds. The molecule has 3 rings (SSSR count). The van der Waals surface area contributed by atoms with Crippen LogP contribution in [0.15, 0.2) is 53.0 Å². The van der Waals surface area contributed by atoms with Crippen LogP contribution >= 0.6 is 15.9 Å². The summed E-state index contributed by atoms with van der Waals surface area (Å²) in [4.78, 5) is 15.0. The minimum Gasteiger partial charge on any atom is -0.494 e. The first kappa shape index (κ1) is 18.9. The lowest BCUT2D eigenvalue weighted by Crippen LogP contribution is -2.40. The van der Waals surface area contributed by atoms with Gasteiger partial charge in [0.25, 0.3) is 0 Å². The molecule has 2 aromatic carbocycles. The molecule has 0 spiro atoms. The Labute approximate surface area is 163 Å². The number of carbonyl (C=O) groups excluding carboxylic acids is 1. The van der Waals surface area contributed by atoms with Crippen molar-refractivity contribution < 1.29 is 9.53 Å². The molecule has 26 heavy (non-hydrogen) atoms. The molecule has 0 saturated carbocycles. The summed E-state index contributed by atoms with van der Waals surface area (Å²) in [7, 11) is 0. The summed E-state index contributed by atoms with van der Waals surface area (Å²) in [5, 5.41) is 3.05. The Morgan fingerprint density at radius 3 is 2.81 bits per heavy atom.